The molecule has 6 aliphatic carbocycles. The molecule has 4 aromatic rings. The third-order valence-electron chi connectivity index (χ3n) is 24.1. The van der Waals surface area contributed by atoms with Crippen LogP contribution < -0.4 is 29.1 Å². The van der Waals surface area contributed by atoms with Crippen molar-refractivity contribution in [3.05, 3.63) is 63.8 Å². The van der Waals surface area contributed by atoms with Crippen LogP contribution in [0.25, 0.3) is 21.8 Å². The quantitative estimate of drug-likeness (QED) is 0.0185. The standard InChI is InChI=1S/C41H55ClN2O11.C28H43NO6.C15H16ClNO5/c1-7-25-20-41(25,39(48)49)21-31(45)30-17-27(22-44(30)38(47)29(40(2,3)4)18-35(46)55-26-15-23-14-24(23)16-26)54-33-19-34(53-13-11-51-6)43-37-28(33)8-9-32(36(37)42)52-12-10-50-5;1-7-19-13-28(19,26(33)34-6)14-23(30)22-8-16(2)15-29(22)25(32)21(27(3,4)5)12-24(31)35-20-10-17-9-18(17)11-20;1-19-5-7-21-12-4-3-10-11(18)9-13(22-8-6-20-2)17-15(10)14(12)16/h8-9,19,23-27,29-30H,7,10-18,20-22H2,1-6H3,(H,48,49);16-22H,7-15H2,1-6H3;3-4,9H,2,5-8H2,1H3/p+1/t23-,24+,25-,26?,27-,29-,30+,41-;16-,17-,18+,19+,20?,21+,22-,28+;/m10./s1. The monoisotopic (exact) mass is 1600 g/mol. The summed E-state index contributed by atoms with van der Waals surface area (Å²) in [7, 11) is 9.34. The Kier molecular flexibility index (Phi) is 29.0. The Morgan fingerprint density at radius 1 is 0.589 bits per heavy atom. The van der Waals surface area contributed by atoms with E-state index in [1.807, 2.05) is 62.3 Å². The first-order valence-electron chi connectivity index (χ1n) is 39.6. The number of hydrogen-bond acceptors (Lipinski definition) is 22. The number of amides is 2. The fourth-order valence-electron chi connectivity index (χ4n) is 17.2. The largest absolute Gasteiger partial charge is 0.490 e. The molecule has 2 amide bonds. The number of esters is 3. The molecule has 6 saturated carbocycles. The molecule has 112 heavy (non-hydrogen) atoms. The van der Waals surface area contributed by atoms with E-state index in [1.54, 1.807) is 56.6 Å². The van der Waals surface area contributed by atoms with Crippen molar-refractivity contribution < 1.29 is 100 Å². The maximum Gasteiger partial charge on any atom is 0.312 e. The van der Waals surface area contributed by atoms with Crippen molar-refractivity contribution in [2.75, 3.05) is 94.4 Å². The van der Waals surface area contributed by atoms with Crippen LogP contribution in [0, 0.1) is 82.0 Å². The number of Topliss-reactive ketones (excluding diaryl/α,β-unsaturated/α-hetero) is 2. The van der Waals surface area contributed by atoms with Gasteiger partial charge in [-0.2, -0.15) is 4.74 Å². The van der Waals surface area contributed by atoms with E-state index in [0.29, 0.717) is 127 Å². The number of methoxy groups -OCH3 is 4. The van der Waals surface area contributed by atoms with Crippen molar-refractivity contribution in [1.82, 2.24) is 19.8 Å². The predicted octanol–water partition coefficient (Wildman–Crippen LogP) is 12.7. The highest BCUT2D eigenvalue weighted by Gasteiger charge is 2.63. The van der Waals surface area contributed by atoms with Crippen molar-refractivity contribution in [1.29, 1.82) is 0 Å². The molecule has 2 aromatic heterocycles. The Morgan fingerprint density at radius 2 is 1.07 bits per heavy atom. The third-order valence-corrected chi connectivity index (χ3v) is 24.8. The number of carbonyl (C=O) groups excluding carboxylic acids is 7. The van der Waals surface area contributed by atoms with Crippen LogP contribution in [0.1, 0.15) is 165 Å². The number of nitrogens with zero attached hydrogens (tertiary/aromatic N) is 3. The highest BCUT2D eigenvalue weighted by molar-refractivity contribution is 6.37. The molecule has 12 rings (SSSR count). The molecule has 26 nitrogen and oxygen atoms in total. The first-order chi connectivity index (χ1) is 53.2. The number of carboxylic acid groups (broad SMARTS) is 1. The van der Waals surface area contributed by atoms with Gasteiger partial charge in [-0.3, -0.25) is 43.2 Å². The van der Waals surface area contributed by atoms with E-state index in [1.165, 1.54) is 30.9 Å². The molecule has 8 fully saturated rings. The van der Waals surface area contributed by atoms with Crippen molar-refractivity contribution >= 4 is 92.3 Å². The zero-order valence-corrected chi connectivity index (χ0v) is 68.8. The van der Waals surface area contributed by atoms with Gasteiger partial charge in [0.15, 0.2) is 22.9 Å². The molecule has 2 aliphatic heterocycles. The smallest absolute Gasteiger partial charge is 0.312 e. The normalized spacial score (nSPS) is 26.9. The maximum absolute atomic E-state index is 14.7. The fraction of sp³-hybridized carbons (Fsp3) is 0.679. The number of carboxylic acids is 1. The molecule has 16 atom stereocenters. The van der Waals surface area contributed by atoms with Gasteiger partial charge in [0.25, 0.3) is 0 Å². The summed E-state index contributed by atoms with van der Waals surface area (Å²) in [5, 5.41) is 11.8. The van der Waals surface area contributed by atoms with E-state index in [0.717, 1.165) is 43.9 Å². The van der Waals surface area contributed by atoms with Crippen LogP contribution in [0.5, 0.6) is 29.0 Å². The van der Waals surface area contributed by atoms with Crippen LogP contribution in [0.3, 0.4) is 0 Å². The van der Waals surface area contributed by atoms with Gasteiger partial charge in [-0.15, -0.1) is 0 Å². The molecule has 8 aliphatic rings. The number of aromatic nitrogens is 2. The number of carbonyl (C=O) groups is 8. The summed E-state index contributed by atoms with van der Waals surface area (Å²) in [5.74, 6) is 0.397. The van der Waals surface area contributed by atoms with Gasteiger partial charge >= 0.3 is 23.9 Å². The Labute approximate surface area is 666 Å². The number of rotatable bonds is 36. The van der Waals surface area contributed by atoms with E-state index < -0.39 is 63.6 Å². The lowest BCUT2D eigenvalue weighted by molar-refractivity contribution is -0.157. The van der Waals surface area contributed by atoms with Crippen LogP contribution in [-0.2, 0) is 71.5 Å². The molecule has 616 valence electrons. The zero-order valence-electron chi connectivity index (χ0n) is 67.3. The van der Waals surface area contributed by atoms with Gasteiger partial charge in [0, 0.05) is 70.0 Å². The summed E-state index contributed by atoms with van der Waals surface area (Å²) in [6, 6.07) is 8.30. The maximum atomic E-state index is 14.7. The van der Waals surface area contributed by atoms with E-state index in [4.69, 9.17) is 75.3 Å². The number of ether oxygens (including phenoxy) is 12. The average Bonchev–Trinajstić information content (AvgIpc) is 1.52. The number of nitrogens with one attached hydrogen (secondary N) is 1. The van der Waals surface area contributed by atoms with E-state index >= 15 is 0 Å². The Hall–Kier alpha value is -7.49. The number of likely N-dealkylation sites (tertiary alicyclic amines) is 2. The zero-order chi connectivity index (χ0) is 81.3. The lowest BCUT2D eigenvalue weighted by atomic mass is 9.77. The van der Waals surface area contributed by atoms with Crippen LogP contribution in [0.15, 0.2) is 41.2 Å². The molecule has 2 N–H and O–H groups in total. The number of benzene rings is 2. The second-order valence-electron chi connectivity index (χ2n) is 34.1. The van der Waals surface area contributed by atoms with E-state index in [9.17, 15) is 48.3 Å². The Morgan fingerprint density at radius 3 is 1.56 bits per heavy atom. The van der Waals surface area contributed by atoms with Gasteiger partial charge < -0.3 is 72.0 Å². The average molecular weight is 1600 g/mol. The summed E-state index contributed by atoms with van der Waals surface area (Å²) >= 11 is 13.1. The Bertz CT molecular complexity index is 4080. The highest BCUT2D eigenvalue weighted by atomic mass is 35.5. The first kappa shape index (κ1) is 86.9. The van der Waals surface area contributed by atoms with Crippen molar-refractivity contribution in [2.24, 2.45) is 74.9 Å². The van der Waals surface area contributed by atoms with E-state index in [-0.39, 0.29) is 140 Å². The minimum absolute atomic E-state index is 0.0114. The molecule has 0 radical (unpaired) electrons. The summed E-state index contributed by atoms with van der Waals surface area (Å²) in [6.45, 7) is 20.6. The number of aromatic amines is 1. The van der Waals surface area contributed by atoms with Crippen LogP contribution in [0.4, 0.5) is 0 Å². The van der Waals surface area contributed by atoms with Gasteiger partial charge in [-0.05, 0) is 134 Å². The van der Waals surface area contributed by atoms with Crippen LogP contribution in [-0.4, -0.2) is 197 Å². The topological polar surface area (TPSA) is 320 Å². The van der Waals surface area contributed by atoms with E-state index in [2.05, 4.69) is 21.8 Å². The van der Waals surface area contributed by atoms with Crippen molar-refractivity contribution in [2.45, 2.75) is 195 Å². The summed E-state index contributed by atoms with van der Waals surface area (Å²) in [4.78, 5) is 130. The molecule has 28 heteroatoms. The molecule has 0 bridgehead atoms. The molecule has 2 unspecified atom stereocenters. The summed E-state index contributed by atoms with van der Waals surface area (Å²) in [5.41, 5.74) is -2.35. The predicted molar refractivity (Wildman–Crippen MR) is 416 cm³/mol. The van der Waals surface area contributed by atoms with Gasteiger partial charge in [0.1, 0.15) is 84.2 Å². The first-order valence-corrected chi connectivity index (χ1v) is 40.4. The minimum atomic E-state index is -1.15. The number of halogens is 2. The number of pyridine rings is 2. The molecular weight excluding hydrogens is 1490 g/mol. The van der Waals surface area contributed by atoms with Crippen molar-refractivity contribution in [3.63, 3.8) is 0 Å². The molecule has 4 heterocycles. The highest BCUT2D eigenvalue weighted by Crippen LogP contribution is 2.60. The lowest BCUT2D eigenvalue weighted by Gasteiger charge is -2.35. The number of aliphatic carboxylic acids is 1. The molecule has 2 aromatic carbocycles. The molecule has 0 spiro atoms. The lowest BCUT2D eigenvalue weighted by Crippen LogP contribution is -2.48. The molecular formula is C84H115Cl2N4O22+. The number of H-pyrrole nitrogens is 1. The van der Waals surface area contributed by atoms with Gasteiger partial charge in [-0.25, -0.2) is 4.98 Å². The van der Waals surface area contributed by atoms with Gasteiger partial charge in [0.2, 0.25) is 24.8 Å². The fourth-order valence-corrected chi connectivity index (χ4v) is 17.8. The minimum Gasteiger partial charge on any atom is -0.490 e. The molecule has 2 saturated heterocycles. The Balaban J connectivity index is 0.000000198. The van der Waals surface area contributed by atoms with Crippen LogP contribution in [0.2, 0.25) is 10.0 Å². The number of ketones is 2. The summed E-state index contributed by atoms with van der Waals surface area (Å²) < 4.78 is 65.7. The third kappa shape index (κ3) is 21.0. The second kappa shape index (κ2) is 37.4. The second-order valence-corrected chi connectivity index (χ2v) is 34.8. The van der Waals surface area contributed by atoms with Crippen LogP contribution >= 0.6 is 23.2 Å². The number of hydrogen-bond donors (Lipinski definition) is 2. The van der Waals surface area contributed by atoms with Gasteiger partial charge in [0.05, 0.1) is 86.6 Å². The van der Waals surface area contributed by atoms with Gasteiger partial charge in [-0.1, -0.05) is 98.4 Å². The number of fused-ring (bicyclic) bond motifs is 4. The van der Waals surface area contributed by atoms with Crippen molar-refractivity contribution in [3.8, 4) is 29.0 Å². The SMILES string of the molecule is CC[C@@H]1C[C@]1(CC(=O)[C@@H]1C[C@@H](Oc2cc(OCCOC)nc3c(Cl)c(OCCOC)ccc23)CN1C(=O)[C@@H](CC(=O)OC1C[C@@H]2C[C@@H]2C1)C(C)(C)C)C(=O)O.CC[C@@H]1C[C@]1(CC(=O)[C@@H]1C[C@H](C)CN1C(=O)[C@@H](CC(=O)OC1C[C@@H]2C[C@@H]2C1)C(C)(C)C)C(=O)OC.[CH2+]OCCOc1cc(=O)c2ccc(OCCOC)c(Cl)c2[nH]1. The summed E-state index contributed by atoms with van der Waals surface area (Å²) in [6.07, 6.45) is 8.37.